The number of furan rings is 1. The van der Waals surface area contributed by atoms with Crippen molar-refractivity contribution in [2.45, 2.75) is 5.16 Å². The molecule has 1 amide bonds. The SMILES string of the molecule is COc1ccccc1-n1c(SCC(=O)Nc2ccncc2)nnc1-c1ccco1. The van der Waals surface area contributed by atoms with Crippen LogP contribution in [0.15, 0.2) is 76.8 Å². The van der Waals surface area contributed by atoms with Gasteiger partial charge in [-0.15, -0.1) is 10.2 Å². The van der Waals surface area contributed by atoms with Crippen molar-refractivity contribution < 1.29 is 13.9 Å². The van der Waals surface area contributed by atoms with E-state index in [1.165, 1.54) is 11.8 Å². The number of hydrogen-bond acceptors (Lipinski definition) is 7. The van der Waals surface area contributed by atoms with Crippen LogP contribution in [-0.2, 0) is 4.79 Å². The van der Waals surface area contributed by atoms with E-state index >= 15 is 0 Å². The summed E-state index contributed by atoms with van der Waals surface area (Å²) in [5.74, 6) is 1.75. The minimum atomic E-state index is -0.157. The van der Waals surface area contributed by atoms with Crippen molar-refractivity contribution in [2.24, 2.45) is 0 Å². The highest BCUT2D eigenvalue weighted by atomic mass is 32.2. The Hall–Kier alpha value is -3.59. The number of para-hydroxylation sites is 2. The van der Waals surface area contributed by atoms with Gasteiger partial charge in [-0.1, -0.05) is 23.9 Å². The van der Waals surface area contributed by atoms with E-state index < -0.39 is 0 Å². The average Bonchev–Trinajstić information content (AvgIpc) is 3.42. The van der Waals surface area contributed by atoms with Gasteiger partial charge in [0.2, 0.25) is 11.7 Å². The number of amides is 1. The normalized spacial score (nSPS) is 10.7. The number of rotatable bonds is 7. The van der Waals surface area contributed by atoms with Crippen LogP contribution in [0.3, 0.4) is 0 Å². The fraction of sp³-hybridized carbons (Fsp3) is 0.100. The van der Waals surface area contributed by atoms with Crippen LogP contribution in [0.25, 0.3) is 17.3 Å². The maximum absolute atomic E-state index is 12.3. The van der Waals surface area contributed by atoms with Crippen LogP contribution in [0.5, 0.6) is 5.75 Å². The van der Waals surface area contributed by atoms with E-state index in [4.69, 9.17) is 9.15 Å². The molecule has 1 aromatic carbocycles. The first-order valence-corrected chi connectivity index (χ1v) is 9.70. The smallest absolute Gasteiger partial charge is 0.234 e. The Morgan fingerprint density at radius 3 is 2.72 bits per heavy atom. The Bertz CT molecular complexity index is 1100. The average molecular weight is 407 g/mol. The largest absolute Gasteiger partial charge is 0.495 e. The highest BCUT2D eigenvalue weighted by Gasteiger charge is 2.21. The second kappa shape index (κ2) is 8.61. The van der Waals surface area contributed by atoms with Gasteiger partial charge in [0.05, 0.1) is 24.8 Å². The number of nitrogens with zero attached hydrogens (tertiary/aromatic N) is 4. The number of thioether (sulfide) groups is 1. The van der Waals surface area contributed by atoms with E-state index in [1.807, 2.05) is 28.8 Å². The number of carbonyl (C=O) groups is 1. The number of methoxy groups -OCH3 is 1. The summed E-state index contributed by atoms with van der Waals surface area (Å²) in [4.78, 5) is 16.3. The summed E-state index contributed by atoms with van der Waals surface area (Å²) in [6.45, 7) is 0. The lowest BCUT2D eigenvalue weighted by atomic mass is 10.3. The van der Waals surface area contributed by atoms with Gasteiger partial charge in [0.25, 0.3) is 0 Å². The molecule has 3 aromatic heterocycles. The van der Waals surface area contributed by atoms with Crippen molar-refractivity contribution in [3.8, 4) is 23.0 Å². The third kappa shape index (κ3) is 4.14. The topological polar surface area (TPSA) is 95.1 Å². The summed E-state index contributed by atoms with van der Waals surface area (Å²) in [6.07, 6.45) is 4.82. The maximum Gasteiger partial charge on any atom is 0.234 e. The zero-order valence-corrected chi connectivity index (χ0v) is 16.3. The zero-order chi connectivity index (χ0) is 20.1. The summed E-state index contributed by atoms with van der Waals surface area (Å²) < 4.78 is 12.8. The van der Waals surface area contributed by atoms with E-state index in [9.17, 15) is 4.79 Å². The number of benzene rings is 1. The predicted molar refractivity (Wildman–Crippen MR) is 109 cm³/mol. The summed E-state index contributed by atoms with van der Waals surface area (Å²) >= 11 is 1.27. The monoisotopic (exact) mass is 407 g/mol. The lowest BCUT2D eigenvalue weighted by Gasteiger charge is -2.13. The van der Waals surface area contributed by atoms with Gasteiger partial charge < -0.3 is 14.5 Å². The van der Waals surface area contributed by atoms with Gasteiger partial charge in [0.1, 0.15) is 5.75 Å². The molecule has 8 nitrogen and oxygen atoms in total. The molecule has 1 N–H and O–H groups in total. The van der Waals surface area contributed by atoms with Crippen LogP contribution in [0.1, 0.15) is 0 Å². The van der Waals surface area contributed by atoms with Crippen molar-refractivity contribution in [2.75, 3.05) is 18.2 Å². The fourth-order valence-electron chi connectivity index (χ4n) is 2.72. The molecule has 0 aliphatic rings. The van der Waals surface area contributed by atoms with Crippen molar-refractivity contribution in [1.29, 1.82) is 0 Å². The second-order valence-corrected chi connectivity index (χ2v) is 6.81. The van der Waals surface area contributed by atoms with Gasteiger partial charge in [-0.05, 0) is 36.4 Å². The van der Waals surface area contributed by atoms with E-state index in [0.29, 0.717) is 28.2 Å². The number of anilines is 1. The number of nitrogens with one attached hydrogen (secondary N) is 1. The molecule has 0 bridgehead atoms. The molecule has 0 atom stereocenters. The molecule has 0 spiro atoms. The molecule has 0 radical (unpaired) electrons. The van der Waals surface area contributed by atoms with E-state index in [2.05, 4.69) is 20.5 Å². The molecule has 0 fully saturated rings. The first kappa shape index (κ1) is 18.8. The van der Waals surface area contributed by atoms with E-state index in [0.717, 1.165) is 5.69 Å². The van der Waals surface area contributed by atoms with Gasteiger partial charge in [0, 0.05) is 18.1 Å². The van der Waals surface area contributed by atoms with Gasteiger partial charge in [-0.3, -0.25) is 14.3 Å². The fourth-order valence-corrected chi connectivity index (χ4v) is 3.47. The molecule has 0 saturated heterocycles. The summed E-state index contributed by atoms with van der Waals surface area (Å²) in [5, 5.41) is 11.9. The minimum Gasteiger partial charge on any atom is -0.495 e. The molecule has 146 valence electrons. The third-order valence-electron chi connectivity index (χ3n) is 4.00. The number of ether oxygens (including phenoxy) is 1. The molecular weight excluding hydrogens is 390 g/mol. The Morgan fingerprint density at radius 1 is 1.14 bits per heavy atom. The summed E-state index contributed by atoms with van der Waals surface area (Å²) in [5.41, 5.74) is 1.44. The molecule has 3 heterocycles. The van der Waals surface area contributed by atoms with Crippen LogP contribution >= 0.6 is 11.8 Å². The number of pyridine rings is 1. The molecule has 9 heteroatoms. The molecule has 4 aromatic rings. The van der Waals surface area contributed by atoms with Gasteiger partial charge in [-0.2, -0.15) is 0 Å². The van der Waals surface area contributed by atoms with Crippen molar-refractivity contribution in [1.82, 2.24) is 19.7 Å². The van der Waals surface area contributed by atoms with Gasteiger partial charge in [0.15, 0.2) is 10.9 Å². The van der Waals surface area contributed by atoms with Crippen LogP contribution in [0.4, 0.5) is 5.69 Å². The highest BCUT2D eigenvalue weighted by molar-refractivity contribution is 7.99. The molecule has 4 rings (SSSR count). The van der Waals surface area contributed by atoms with Crippen LogP contribution in [0.2, 0.25) is 0 Å². The Balaban J connectivity index is 1.63. The molecule has 29 heavy (non-hydrogen) atoms. The summed E-state index contributed by atoms with van der Waals surface area (Å²) in [6, 6.07) is 14.6. The van der Waals surface area contributed by atoms with Crippen molar-refractivity contribution >= 4 is 23.4 Å². The molecule has 0 saturated carbocycles. The van der Waals surface area contributed by atoms with Crippen molar-refractivity contribution in [3.63, 3.8) is 0 Å². The lowest BCUT2D eigenvalue weighted by Crippen LogP contribution is -2.14. The number of carbonyl (C=O) groups excluding carboxylic acids is 1. The van der Waals surface area contributed by atoms with Crippen LogP contribution in [0, 0.1) is 0 Å². The maximum atomic E-state index is 12.3. The minimum absolute atomic E-state index is 0.157. The van der Waals surface area contributed by atoms with Crippen LogP contribution in [-0.4, -0.2) is 38.5 Å². The Morgan fingerprint density at radius 2 is 1.97 bits per heavy atom. The molecule has 0 aliphatic heterocycles. The number of hydrogen-bond donors (Lipinski definition) is 1. The standard InChI is InChI=1S/C20H17N5O3S/c1-27-16-6-3-2-5-15(16)25-19(17-7-4-12-28-17)23-24-20(25)29-13-18(26)22-14-8-10-21-11-9-14/h2-12H,13H2,1H3,(H,21,22,26). The number of aromatic nitrogens is 4. The first-order chi connectivity index (χ1) is 14.3. The van der Waals surface area contributed by atoms with Gasteiger partial charge in [-0.25, -0.2) is 0 Å². The Kier molecular flexibility index (Phi) is 5.57. The predicted octanol–water partition coefficient (Wildman–Crippen LogP) is 3.66. The quantitative estimate of drug-likeness (QED) is 0.467. The zero-order valence-electron chi connectivity index (χ0n) is 15.5. The third-order valence-corrected chi connectivity index (χ3v) is 4.93. The second-order valence-electron chi connectivity index (χ2n) is 5.86. The molecule has 0 unspecified atom stereocenters. The van der Waals surface area contributed by atoms with E-state index in [-0.39, 0.29) is 11.7 Å². The molecule has 0 aliphatic carbocycles. The lowest BCUT2D eigenvalue weighted by molar-refractivity contribution is -0.113. The first-order valence-electron chi connectivity index (χ1n) is 8.71. The highest BCUT2D eigenvalue weighted by Crippen LogP contribution is 2.32. The summed E-state index contributed by atoms with van der Waals surface area (Å²) in [7, 11) is 1.60. The van der Waals surface area contributed by atoms with Crippen molar-refractivity contribution in [3.05, 3.63) is 67.2 Å². The van der Waals surface area contributed by atoms with Crippen LogP contribution < -0.4 is 10.1 Å². The Labute approximate surface area is 170 Å². The van der Waals surface area contributed by atoms with E-state index in [1.54, 1.807) is 50.0 Å². The molecular formula is C20H17N5O3S. The van der Waals surface area contributed by atoms with Gasteiger partial charge >= 0.3 is 0 Å².